The standard InChI is InChI=1S/C22H25N3O/c1-16(2)15-26-22-13-11-21(12-14-22)25(19-7-3-17(23)4-8-19)20-9-5-18(24)6-10-20/h3-14,16H,15,23-24H2,1-2H3. The monoisotopic (exact) mass is 347 g/mol. The van der Waals surface area contributed by atoms with Gasteiger partial charge in [0.2, 0.25) is 0 Å². The molecule has 3 aromatic rings. The molecule has 0 aromatic heterocycles. The molecule has 0 heterocycles. The molecule has 0 aliphatic carbocycles. The SMILES string of the molecule is CC(C)COc1ccc(N(c2ccc(N)cc2)c2ccc(N)cc2)cc1. The van der Waals surface area contributed by atoms with Crippen molar-refractivity contribution in [1.82, 2.24) is 0 Å². The van der Waals surface area contributed by atoms with Crippen LogP contribution in [0, 0.1) is 5.92 Å². The summed E-state index contributed by atoms with van der Waals surface area (Å²) in [5.74, 6) is 1.37. The molecule has 0 aliphatic heterocycles. The van der Waals surface area contributed by atoms with Crippen LogP contribution >= 0.6 is 0 Å². The summed E-state index contributed by atoms with van der Waals surface area (Å²) in [6.07, 6.45) is 0. The Bertz CT molecular complexity index is 779. The lowest BCUT2D eigenvalue weighted by molar-refractivity contribution is 0.271. The van der Waals surface area contributed by atoms with E-state index in [0.29, 0.717) is 12.5 Å². The number of nitrogens with zero attached hydrogens (tertiary/aromatic N) is 1. The number of hydrogen-bond acceptors (Lipinski definition) is 4. The van der Waals surface area contributed by atoms with E-state index in [1.165, 1.54) is 0 Å². The third-order valence-corrected chi connectivity index (χ3v) is 3.98. The Kier molecular flexibility index (Phi) is 5.32. The van der Waals surface area contributed by atoms with Crippen LogP contribution in [-0.4, -0.2) is 6.61 Å². The van der Waals surface area contributed by atoms with Crippen molar-refractivity contribution in [2.24, 2.45) is 5.92 Å². The summed E-state index contributed by atoms with van der Waals surface area (Å²) in [6.45, 7) is 4.98. The van der Waals surface area contributed by atoms with E-state index in [1.807, 2.05) is 60.7 Å². The first kappa shape index (κ1) is 17.7. The zero-order chi connectivity index (χ0) is 18.5. The maximum atomic E-state index is 5.85. The summed E-state index contributed by atoms with van der Waals surface area (Å²) >= 11 is 0. The molecule has 0 radical (unpaired) electrons. The predicted octanol–water partition coefficient (Wildman–Crippen LogP) is 5.36. The van der Waals surface area contributed by atoms with E-state index in [-0.39, 0.29) is 0 Å². The fourth-order valence-electron chi connectivity index (χ4n) is 2.65. The van der Waals surface area contributed by atoms with Gasteiger partial charge in [0.1, 0.15) is 5.75 Å². The first-order chi connectivity index (χ1) is 12.5. The normalized spacial score (nSPS) is 10.7. The van der Waals surface area contributed by atoms with E-state index in [2.05, 4.69) is 30.9 Å². The summed E-state index contributed by atoms with van der Waals surface area (Å²) in [5, 5.41) is 0. The van der Waals surface area contributed by atoms with Gasteiger partial charge in [0.15, 0.2) is 0 Å². The van der Waals surface area contributed by atoms with Crippen molar-refractivity contribution < 1.29 is 4.74 Å². The maximum absolute atomic E-state index is 5.85. The Hall–Kier alpha value is -3.14. The quantitative estimate of drug-likeness (QED) is 0.590. The third kappa shape index (κ3) is 4.28. The molecule has 134 valence electrons. The Balaban J connectivity index is 1.95. The second-order valence-electron chi connectivity index (χ2n) is 6.72. The first-order valence-electron chi connectivity index (χ1n) is 8.77. The molecule has 4 heteroatoms. The number of nitrogen functional groups attached to an aromatic ring is 2. The molecule has 0 atom stereocenters. The van der Waals surface area contributed by atoms with Gasteiger partial charge in [-0.05, 0) is 78.7 Å². The van der Waals surface area contributed by atoms with Gasteiger partial charge in [0, 0.05) is 28.4 Å². The third-order valence-electron chi connectivity index (χ3n) is 3.98. The van der Waals surface area contributed by atoms with Crippen molar-refractivity contribution in [1.29, 1.82) is 0 Å². The summed E-state index contributed by atoms with van der Waals surface area (Å²) < 4.78 is 5.79. The molecule has 4 nitrogen and oxygen atoms in total. The minimum absolute atomic E-state index is 0.496. The number of benzene rings is 3. The molecule has 0 spiro atoms. The number of anilines is 5. The van der Waals surface area contributed by atoms with Gasteiger partial charge in [0.25, 0.3) is 0 Å². The van der Waals surface area contributed by atoms with Gasteiger partial charge in [-0.1, -0.05) is 13.8 Å². The van der Waals surface area contributed by atoms with E-state index in [1.54, 1.807) is 0 Å². The molecule has 26 heavy (non-hydrogen) atoms. The first-order valence-corrected chi connectivity index (χ1v) is 8.77. The molecule has 3 rings (SSSR count). The maximum Gasteiger partial charge on any atom is 0.119 e. The molecule has 0 unspecified atom stereocenters. The number of hydrogen-bond donors (Lipinski definition) is 2. The van der Waals surface area contributed by atoms with E-state index in [0.717, 1.165) is 34.2 Å². The van der Waals surface area contributed by atoms with E-state index in [9.17, 15) is 0 Å². The Morgan fingerprint density at radius 3 is 1.46 bits per heavy atom. The van der Waals surface area contributed by atoms with Gasteiger partial charge in [-0.3, -0.25) is 0 Å². The lowest BCUT2D eigenvalue weighted by Gasteiger charge is -2.26. The van der Waals surface area contributed by atoms with E-state index in [4.69, 9.17) is 16.2 Å². The lowest BCUT2D eigenvalue weighted by Crippen LogP contribution is -2.10. The average molecular weight is 347 g/mol. The van der Waals surface area contributed by atoms with Crippen LogP contribution in [-0.2, 0) is 0 Å². The number of ether oxygens (including phenoxy) is 1. The van der Waals surface area contributed by atoms with E-state index < -0.39 is 0 Å². The van der Waals surface area contributed by atoms with Crippen LogP contribution in [0.25, 0.3) is 0 Å². The van der Waals surface area contributed by atoms with Gasteiger partial charge >= 0.3 is 0 Å². The van der Waals surface area contributed by atoms with Gasteiger partial charge < -0.3 is 21.1 Å². The van der Waals surface area contributed by atoms with Crippen LogP contribution in [0.4, 0.5) is 28.4 Å². The van der Waals surface area contributed by atoms with E-state index >= 15 is 0 Å². The Morgan fingerprint density at radius 2 is 1.08 bits per heavy atom. The molecule has 0 aliphatic rings. The van der Waals surface area contributed by atoms with Crippen LogP contribution in [0.3, 0.4) is 0 Å². The molecule has 0 fully saturated rings. The van der Waals surface area contributed by atoms with Crippen molar-refractivity contribution in [3.05, 3.63) is 72.8 Å². The molecular weight excluding hydrogens is 322 g/mol. The second kappa shape index (κ2) is 7.83. The zero-order valence-corrected chi connectivity index (χ0v) is 15.2. The highest BCUT2D eigenvalue weighted by Crippen LogP contribution is 2.35. The fraction of sp³-hybridized carbons (Fsp3) is 0.182. The smallest absolute Gasteiger partial charge is 0.119 e. The highest BCUT2D eigenvalue weighted by molar-refractivity contribution is 5.78. The molecular formula is C22H25N3O. The van der Waals surface area contributed by atoms with Crippen molar-refractivity contribution in [3.8, 4) is 5.75 Å². The Morgan fingerprint density at radius 1 is 0.692 bits per heavy atom. The zero-order valence-electron chi connectivity index (χ0n) is 15.2. The van der Waals surface area contributed by atoms with Gasteiger partial charge in [-0.2, -0.15) is 0 Å². The fourth-order valence-corrected chi connectivity index (χ4v) is 2.65. The number of nitrogens with two attached hydrogens (primary N) is 2. The molecule has 0 saturated carbocycles. The van der Waals surface area contributed by atoms with Gasteiger partial charge in [-0.25, -0.2) is 0 Å². The number of rotatable bonds is 6. The van der Waals surface area contributed by atoms with Crippen molar-refractivity contribution in [3.63, 3.8) is 0 Å². The molecule has 0 saturated heterocycles. The Labute approximate surface area is 155 Å². The summed E-state index contributed by atoms with van der Waals surface area (Å²) in [4.78, 5) is 2.16. The van der Waals surface area contributed by atoms with Crippen LogP contribution in [0.1, 0.15) is 13.8 Å². The highest BCUT2D eigenvalue weighted by Gasteiger charge is 2.12. The average Bonchev–Trinajstić information content (AvgIpc) is 2.64. The molecule has 0 amide bonds. The van der Waals surface area contributed by atoms with Crippen molar-refractivity contribution >= 4 is 28.4 Å². The summed E-state index contributed by atoms with van der Waals surface area (Å²) in [6, 6.07) is 23.8. The van der Waals surface area contributed by atoms with Crippen molar-refractivity contribution in [2.75, 3.05) is 23.0 Å². The van der Waals surface area contributed by atoms with Crippen LogP contribution in [0.5, 0.6) is 5.75 Å². The minimum atomic E-state index is 0.496. The largest absolute Gasteiger partial charge is 0.493 e. The van der Waals surface area contributed by atoms with Crippen LogP contribution < -0.4 is 21.1 Å². The molecule has 3 aromatic carbocycles. The molecule has 0 bridgehead atoms. The topological polar surface area (TPSA) is 64.5 Å². The summed E-state index contributed by atoms with van der Waals surface area (Å²) in [5.41, 5.74) is 16.3. The second-order valence-corrected chi connectivity index (χ2v) is 6.72. The minimum Gasteiger partial charge on any atom is -0.493 e. The molecule has 4 N–H and O–H groups in total. The summed E-state index contributed by atoms with van der Waals surface area (Å²) in [7, 11) is 0. The van der Waals surface area contributed by atoms with Gasteiger partial charge in [-0.15, -0.1) is 0 Å². The van der Waals surface area contributed by atoms with Gasteiger partial charge in [0.05, 0.1) is 6.61 Å². The highest BCUT2D eigenvalue weighted by atomic mass is 16.5. The van der Waals surface area contributed by atoms with Crippen LogP contribution in [0.15, 0.2) is 72.8 Å². The lowest BCUT2D eigenvalue weighted by atomic mass is 10.1. The van der Waals surface area contributed by atoms with Crippen LogP contribution in [0.2, 0.25) is 0 Å². The van der Waals surface area contributed by atoms with Crippen molar-refractivity contribution in [2.45, 2.75) is 13.8 Å². The predicted molar refractivity (Wildman–Crippen MR) is 110 cm³/mol.